The van der Waals surface area contributed by atoms with E-state index in [0.29, 0.717) is 5.92 Å². The maximum absolute atomic E-state index is 6.32. The Bertz CT molecular complexity index is 555. The zero-order valence-electron chi connectivity index (χ0n) is 15.0. The average molecular weight is 312 g/mol. The van der Waals surface area contributed by atoms with E-state index in [9.17, 15) is 0 Å². The maximum atomic E-state index is 6.32. The van der Waals surface area contributed by atoms with E-state index in [4.69, 9.17) is 5.73 Å². The zero-order valence-corrected chi connectivity index (χ0v) is 15.0. The molecule has 1 fully saturated rings. The number of hydrogen-bond donors (Lipinski definition) is 1. The number of nitrogens with two attached hydrogens (primary N) is 1. The first-order valence-electron chi connectivity index (χ1n) is 9.63. The molecule has 0 aliphatic heterocycles. The van der Waals surface area contributed by atoms with E-state index >= 15 is 0 Å². The lowest BCUT2D eigenvalue weighted by Crippen LogP contribution is -2.32. The number of hydrogen-bond acceptors (Lipinski definition) is 1. The summed E-state index contributed by atoms with van der Waals surface area (Å²) in [6, 6.07) is 7.31. The van der Waals surface area contributed by atoms with Gasteiger partial charge >= 0.3 is 0 Å². The summed E-state index contributed by atoms with van der Waals surface area (Å²) in [6.07, 6.45) is 16.0. The third kappa shape index (κ3) is 4.26. The second-order valence-electron chi connectivity index (χ2n) is 8.23. The summed E-state index contributed by atoms with van der Waals surface area (Å²) in [5.74, 6) is 1.53. The molecule has 2 N–H and O–H groups in total. The SMILES string of the molecule is CCC/C=C\C[C@H]1CCc2cc([C@H]3CC[C@@](C)(N)C3)ccc2C1. The lowest BCUT2D eigenvalue weighted by Gasteiger charge is -2.25. The molecule has 1 heteroatoms. The van der Waals surface area contributed by atoms with Crippen molar-refractivity contribution in [3.8, 4) is 0 Å². The van der Waals surface area contributed by atoms with Gasteiger partial charge in [0.2, 0.25) is 0 Å². The van der Waals surface area contributed by atoms with Crippen molar-refractivity contribution in [1.29, 1.82) is 0 Å². The van der Waals surface area contributed by atoms with Gasteiger partial charge in [0.25, 0.3) is 0 Å². The van der Waals surface area contributed by atoms with E-state index in [0.717, 1.165) is 12.3 Å². The first-order valence-corrected chi connectivity index (χ1v) is 9.63. The normalized spacial score (nSPS) is 30.7. The molecular weight excluding hydrogens is 278 g/mol. The molecule has 126 valence electrons. The molecule has 0 heterocycles. The molecule has 2 aliphatic carbocycles. The minimum Gasteiger partial charge on any atom is -0.325 e. The fourth-order valence-corrected chi connectivity index (χ4v) is 4.43. The second-order valence-corrected chi connectivity index (χ2v) is 8.23. The van der Waals surface area contributed by atoms with Crippen molar-refractivity contribution in [1.82, 2.24) is 0 Å². The highest BCUT2D eigenvalue weighted by molar-refractivity contribution is 5.36. The fourth-order valence-electron chi connectivity index (χ4n) is 4.43. The summed E-state index contributed by atoms with van der Waals surface area (Å²) in [6.45, 7) is 4.46. The number of benzene rings is 1. The summed E-state index contributed by atoms with van der Waals surface area (Å²) >= 11 is 0. The van der Waals surface area contributed by atoms with Crippen molar-refractivity contribution in [2.45, 2.75) is 83.1 Å². The van der Waals surface area contributed by atoms with E-state index < -0.39 is 0 Å². The van der Waals surface area contributed by atoms with Crippen molar-refractivity contribution in [3.63, 3.8) is 0 Å². The van der Waals surface area contributed by atoms with Crippen molar-refractivity contribution in [2.75, 3.05) is 0 Å². The summed E-state index contributed by atoms with van der Waals surface area (Å²) in [5.41, 5.74) is 11.1. The van der Waals surface area contributed by atoms with Gasteiger partial charge in [0.15, 0.2) is 0 Å². The van der Waals surface area contributed by atoms with Crippen LogP contribution in [0.4, 0.5) is 0 Å². The Morgan fingerprint density at radius 1 is 1.22 bits per heavy atom. The minimum absolute atomic E-state index is 0.0521. The van der Waals surface area contributed by atoms with Crippen LogP contribution in [0.5, 0.6) is 0 Å². The molecule has 0 amide bonds. The van der Waals surface area contributed by atoms with Crippen molar-refractivity contribution >= 4 is 0 Å². The third-order valence-corrected chi connectivity index (χ3v) is 5.90. The Morgan fingerprint density at radius 3 is 2.83 bits per heavy atom. The molecule has 0 bridgehead atoms. The number of allylic oxidation sites excluding steroid dienone is 2. The summed E-state index contributed by atoms with van der Waals surface area (Å²) in [4.78, 5) is 0. The van der Waals surface area contributed by atoms with E-state index in [2.05, 4.69) is 44.2 Å². The monoisotopic (exact) mass is 311 g/mol. The highest BCUT2D eigenvalue weighted by Gasteiger charge is 2.32. The molecular formula is C22H33N. The molecule has 2 aliphatic rings. The van der Waals surface area contributed by atoms with Gasteiger partial charge in [-0.1, -0.05) is 43.7 Å². The summed E-state index contributed by atoms with van der Waals surface area (Å²) in [5, 5.41) is 0. The first kappa shape index (κ1) is 16.8. The van der Waals surface area contributed by atoms with Crippen LogP contribution >= 0.6 is 0 Å². The molecule has 3 rings (SSSR count). The van der Waals surface area contributed by atoms with E-state index in [1.807, 2.05) is 0 Å². The molecule has 1 saturated carbocycles. The van der Waals surface area contributed by atoms with Crippen molar-refractivity contribution in [2.24, 2.45) is 11.7 Å². The van der Waals surface area contributed by atoms with Gasteiger partial charge in [-0.2, -0.15) is 0 Å². The van der Waals surface area contributed by atoms with Gasteiger partial charge in [-0.05, 0) is 86.8 Å². The number of unbranched alkanes of at least 4 members (excludes halogenated alkanes) is 1. The standard InChI is InChI=1S/C22H33N/c1-3-4-5-6-7-17-8-9-19-15-20(11-10-18(19)14-17)21-12-13-22(2,23)16-21/h5-6,10-11,15,17,21H,3-4,7-9,12-14,16,23H2,1-2H3/b6-5-/t17-,21-,22+/m0/s1. The van der Waals surface area contributed by atoms with E-state index in [-0.39, 0.29) is 5.54 Å². The lowest BCUT2D eigenvalue weighted by atomic mass is 9.80. The smallest absolute Gasteiger partial charge is 0.0131 e. The number of fused-ring (bicyclic) bond motifs is 1. The predicted molar refractivity (Wildman–Crippen MR) is 99.8 cm³/mol. The lowest BCUT2D eigenvalue weighted by molar-refractivity contribution is 0.462. The van der Waals surface area contributed by atoms with Gasteiger partial charge in [-0.3, -0.25) is 0 Å². The van der Waals surface area contributed by atoms with E-state index in [1.54, 1.807) is 16.7 Å². The molecule has 1 aromatic rings. The first-order chi connectivity index (χ1) is 11.1. The van der Waals surface area contributed by atoms with Crippen LogP contribution in [0, 0.1) is 5.92 Å². The Morgan fingerprint density at radius 2 is 2.09 bits per heavy atom. The van der Waals surface area contributed by atoms with Crippen LogP contribution in [0.1, 0.15) is 81.4 Å². The highest BCUT2D eigenvalue weighted by atomic mass is 14.7. The van der Waals surface area contributed by atoms with Crippen molar-refractivity contribution in [3.05, 3.63) is 47.0 Å². The van der Waals surface area contributed by atoms with Crippen molar-refractivity contribution < 1.29 is 0 Å². The molecule has 0 unspecified atom stereocenters. The molecule has 1 aromatic carbocycles. The molecule has 23 heavy (non-hydrogen) atoms. The van der Waals surface area contributed by atoms with Gasteiger partial charge in [0.05, 0.1) is 0 Å². The zero-order chi connectivity index (χ0) is 16.3. The number of rotatable bonds is 5. The van der Waals surface area contributed by atoms with Gasteiger partial charge in [0, 0.05) is 5.54 Å². The Labute approximate surface area is 142 Å². The Kier molecular flexibility index (Phi) is 5.26. The molecule has 1 nitrogen and oxygen atoms in total. The van der Waals surface area contributed by atoms with Crippen LogP contribution in [-0.2, 0) is 12.8 Å². The Hall–Kier alpha value is -1.08. The van der Waals surface area contributed by atoms with Crippen LogP contribution in [-0.4, -0.2) is 5.54 Å². The van der Waals surface area contributed by atoms with Gasteiger partial charge in [0.1, 0.15) is 0 Å². The van der Waals surface area contributed by atoms with Gasteiger partial charge in [-0.25, -0.2) is 0 Å². The number of aryl methyl sites for hydroxylation is 1. The summed E-state index contributed by atoms with van der Waals surface area (Å²) < 4.78 is 0. The van der Waals surface area contributed by atoms with Crippen LogP contribution in [0.25, 0.3) is 0 Å². The molecule has 0 radical (unpaired) electrons. The minimum atomic E-state index is 0.0521. The van der Waals surface area contributed by atoms with Gasteiger partial charge in [-0.15, -0.1) is 0 Å². The van der Waals surface area contributed by atoms with Crippen LogP contribution in [0.2, 0.25) is 0 Å². The van der Waals surface area contributed by atoms with E-state index in [1.165, 1.54) is 51.4 Å². The highest BCUT2D eigenvalue weighted by Crippen LogP contribution is 2.40. The molecule has 3 atom stereocenters. The predicted octanol–water partition coefficient (Wildman–Crippen LogP) is 5.52. The van der Waals surface area contributed by atoms with Crippen LogP contribution < -0.4 is 5.73 Å². The molecule has 0 saturated heterocycles. The van der Waals surface area contributed by atoms with Crippen LogP contribution in [0.15, 0.2) is 30.4 Å². The third-order valence-electron chi connectivity index (χ3n) is 5.90. The largest absolute Gasteiger partial charge is 0.325 e. The quantitative estimate of drug-likeness (QED) is 0.712. The topological polar surface area (TPSA) is 26.0 Å². The average Bonchev–Trinajstić information content (AvgIpc) is 2.91. The van der Waals surface area contributed by atoms with Gasteiger partial charge < -0.3 is 5.73 Å². The van der Waals surface area contributed by atoms with Crippen LogP contribution in [0.3, 0.4) is 0 Å². The molecule has 0 spiro atoms. The fraction of sp³-hybridized carbons (Fsp3) is 0.636. The second kappa shape index (κ2) is 7.21. The summed E-state index contributed by atoms with van der Waals surface area (Å²) in [7, 11) is 0. The maximum Gasteiger partial charge on any atom is 0.0131 e. The molecule has 0 aromatic heterocycles. The Balaban J connectivity index is 1.62.